The van der Waals surface area contributed by atoms with Gasteiger partial charge in [-0.2, -0.15) is 4.98 Å². The number of hydrogen-bond acceptors (Lipinski definition) is 5. The summed E-state index contributed by atoms with van der Waals surface area (Å²) in [6.07, 6.45) is 8.64. The lowest BCUT2D eigenvalue weighted by Crippen LogP contribution is -2.31. The van der Waals surface area contributed by atoms with Gasteiger partial charge in [0.2, 0.25) is 11.7 Å². The molecule has 0 radical (unpaired) electrons. The Bertz CT molecular complexity index is 409. The van der Waals surface area contributed by atoms with E-state index in [4.69, 9.17) is 9.26 Å². The van der Waals surface area contributed by atoms with Crippen LogP contribution in [0.15, 0.2) is 17.2 Å². The van der Waals surface area contributed by atoms with Gasteiger partial charge in [0.1, 0.15) is 5.60 Å². The maximum atomic E-state index is 6.05. The SMILES string of the molecule is C=CCNCc1nc(C2(OCC)CCCCCC2)no1. The molecule has 5 nitrogen and oxygen atoms in total. The third-order valence-corrected chi connectivity index (χ3v) is 3.77. The molecule has 1 aromatic rings. The molecule has 0 aromatic carbocycles. The summed E-state index contributed by atoms with van der Waals surface area (Å²) in [4.78, 5) is 4.54. The smallest absolute Gasteiger partial charge is 0.240 e. The quantitative estimate of drug-likeness (QED) is 0.472. The molecule has 1 fully saturated rings. The van der Waals surface area contributed by atoms with Crippen molar-refractivity contribution in [1.82, 2.24) is 15.5 Å². The fraction of sp³-hybridized carbons (Fsp3) is 0.733. The number of hydrogen-bond donors (Lipinski definition) is 1. The summed E-state index contributed by atoms with van der Waals surface area (Å²) in [5, 5.41) is 7.34. The van der Waals surface area contributed by atoms with Crippen molar-refractivity contribution >= 4 is 0 Å². The lowest BCUT2D eigenvalue weighted by molar-refractivity contribution is -0.0636. The van der Waals surface area contributed by atoms with Crippen molar-refractivity contribution in [3.63, 3.8) is 0 Å². The highest BCUT2D eigenvalue weighted by molar-refractivity contribution is 5.03. The van der Waals surface area contributed by atoms with Crippen LogP contribution in [0.1, 0.15) is 57.2 Å². The number of nitrogens with one attached hydrogen (secondary N) is 1. The van der Waals surface area contributed by atoms with Crippen LogP contribution in [-0.4, -0.2) is 23.3 Å². The summed E-state index contributed by atoms with van der Waals surface area (Å²) in [6.45, 7) is 7.67. The van der Waals surface area contributed by atoms with E-state index in [2.05, 4.69) is 22.0 Å². The Morgan fingerprint density at radius 2 is 2.10 bits per heavy atom. The molecule has 1 aliphatic carbocycles. The van der Waals surface area contributed by atoms with E-state index in [1.165, 1.54) is 25.7 Å². The highest BCUT2D eigenvalue weighted by Crippen LogP contribution is 2.37. The van der Waals surface area contributed by atoms with Gasteiger partial charge in [-0.05, 0) is 19.8 Å². The molecule has 1 aliphatic rings. The van der Waals surface area contributed by atoms with Crippen LogP contribution in [-0.2, 0) is 16.9 Å². The molecule has 1 saturated carbocycles. The van der Waals surface area contributed by atoms with Crippen LogP contribution in [0.5, 0.6) is 0 Å². The molecular weight excluding hydrogens is 254 g/mol. The van der Waals surface area contributed by atoms with Gasteiger partial charge in [-0.25, -0.2) is 0 Å². The molecule has 2 rings (SSSR count). The summed E-state index contributed by atoms with van der Waals surface area (Å²) in [7, 11) is 0. The Kier molecular flexibility index (Phi) is 5.73. The Balaban J connectivity index is 2.10. The number of ether oxygens (including phenoxy) is 1. The van der Waals surface area contributed by atoms with Crippen molar-refractivity contribution in [3.8, 4) is 0 Å². The molecule has 1 heterocycles. The molecular formula is C15H25N3O2. The van der Waals surface area contributed by atoms with Gasteiger partial charge in [-0.3, -0.25) is 0 Å². The van der Waals surface area contributed by atoms with Gasteiger partial charge in [0.05, 0.1) is 6.54 Å². The van der Waals surface area contributed by atoms with Crippen LogP contribution in [0.3, 0.4) is 0 Å². The van der Waals surface area contributed by atoms with Crippen LogP contribution in [0.2, 0.25) is 0 Å². The molecule has 0 atom stereocenters. The van der Waals surface area contributed by atoms with E-state index < -0.39 is 0 Å². The zero-order chi connectivity index (χ0) is 14.3. The van der Waals surface area contributed by atoms with Gasteiger partial charge in [-0.1, -0.05) is 36.9 Å². The zero-order valence-electron chi connectivity index (χ0n) is 12.4. The standard InChI is InChI=1S/C15H25N3O2/c1-3-11-16-12-13-17-14(18-20-13)15(19-4-2)9-7-5-6-8-10-15/h3,16H,1,4-12H2,2H3. The molecule has 0 spiro atoms. The highest BCUT2D eigenvalue weighted by atomic mass is 16.5. The van der Waals surface area contributed by atoms with Crippen LogP contribution in [0, 0.1) is 0 Å². The predicted molar refractivity (Wildman–Crippen MR) is 77.2 cm³/mol. The summed E-state index contributed by atoms with van der Waals surface area (Å²) >= 11 is 0. The summed E-state index contributed by atoms with van der Waals surface area (Å²) in [5.74, 6) is 1.34. The van der Waals surface area contributed by atoms with E-state index in [-0.39, 0.29) is 5.60 Å². The first-order valence-corrected chi connectivity index (χ1v) is 7.59. The van der Waals surface area contributed by atoms with Gasteiger partial charge in [0.15, 0.2) is 0 Å². The van der Waals surface area contributed by atoms with Crippen molar-refractivity contribution in [2.75, 3.05) is 13.2 Å². The van der Waals surface area contributed by atoms with Crippen LogP contribution in [0.25, 0.3) is 0 Å². The van der Waals surface area contributed by atoms with Crippen molar-refractivity contribution in [2.24, 2.45) is 0 Å². The average molecular weight is 279 g/mol. The van der Waals surface area contributed by atoms with E-state index in [0.717, 1.165) is 25.2 Å². The number of rotatable bonds is 7. The van der Waals surface area contributed by atoms with Gasteiger partial charge in [0.25, 0.3) is 0 Å². The highest BCUT2D eigenvalue weighted by Gasteiger charge is 2.38. The summed E-state index contributed by atoms with van der Waals surface area (Å²) < 4.78 is 11.4. The molecule has 0 saturated heterocycles. The lowest BCUT2D eigenvalue weighted by Gasteiger charge is -2.29. The van der Waals surface area contributed by atoms with E-state index in [0.29, 0.717) is 19.0 Å². The maximum Gasteiger partial charge on any atom is 0.240 e. The van der Waals surface area contributed by atoms with Crippen LogP contribution >= 0.6 is 0 Å². The Labute approximate surface area is 120 Å². The monoisotopic (exact) mass is 279 g/mol. The molecule has 20 heavy (non-hydrogen) atoms. The van der Waals surface area contributed by atoms with Crippen molar-refractivity contribution in [2.45, 2.75) is 57.6 Å². The fourth-order valence-corrected chi connectivity index (χ4v) is 2.80. The maximum absolute atomic E-state index is 6.05. The minimum atomic E-state index is -0.342. The van der Waals surface area contributed by atoms with Crippen LogP contribution < -0.4 is 5.32 Å². The second-order valence-electron chi connectivity index (χ2n) is 5.27. The van der Waals surface area contributed by atoms with Crippen molar-refractivity contribution in [1.29, 1.82) is 0 Å². The Morgan fingerprint density at radius 3 is 2.75 bits per heavy atom. The molecule has 0 aliphatic heterocycles. The van der Waals surface area contributed by atoms with Gasteiger partial charge < -0.3 is 14.6 Å². The average Bonchev–Trinajstić information content (AvgIpc) is 2.80. The normalized spacial score (nSPS) is 18.6. The minimum absolute atomic E-state index is 0.342. The third-order valence-electron chi connectivity index (χ3n) is 3.77. The third kappa shape index (κ3) is 3.67. The predicted octanol–water partition coefficient (Wildman–Crippen LogP) is 2.93. The van der Waals surface area contributed by atoms with E-state index in [1.54, 1.807) is 0 Å². The molecule has 112 valence electrons. The second-order valence-corrected chi connectivity index (χ2v) is 5.27. The number of aromatic nitrogens is 2. The van der Waals surface area contributed by atoms with Gasteiger partial charge >= 0.3 is 0 Å². The summed E-state index contributed by atoms with van der Waals surface area (Å²) in [5.41, 5.74) is -0.342. The molecule has 0 unspecified atom stereocenters. The Morgan fingerprint density at radius 1 is 1.35 bits per heavy atom. The van der Waals surface area contributed by atoms with Crippen molar-refractivity contribution < 1.29 is 9.26 Å². The molecule has 5 heteroatoms. The van der Waals surface area contributed by atoms with E-state index in [9.17, 15) is 0 Å². The Hall–Kier alpha value is -1.20. The first kappa shape index (κ1) is 15.2. The molecule has 1 aromatic heterocycles. The van der Waals surface area contributed by atoms with E-state index >= 15 is 0 Å². The largest absolute Gasteiger partial charge is 0.367 e. The van der Waals surface area contributed by atoms with Crippen molar-refractivity contribution in [3.05, 3.63) is 24.4 Å². The zero-order valence-corrected chi connectivity index (χ0v) is 12.4. The lowest BCUT2D eigenvalue weighted by atomic mass is 9.93. The molecule has 0 amide bonds. The topological polar surface area (TPSA) is 60.2 Å². The number of nitrogens with zero attached hydrogens (tertiary/aromatic N) is 2. The molecule has 0 bridgehead atoms. The van der Waals surface area contributed by atoms with Gasteiger partial charge in [-0.15, -0.1) is 6.58 Å². The van der Waals surface area contributed by atoms with Crippen LogP contribution in [0.4, 0.5) is 0 Å². The summed E-state index contributed by atoms with van der Waals surface area (Å²) in [6, 6.07) is 0. The second kappa shape index (κ2) is 7.55. The minimum Gasteiger partial charge on any atom is -0.367 e. The van der Waals surface area contributed by atoms with Gasteiger partial charge in [0, 0.05) is 13.2 Å². The molecule has 1 N–H and O–H groups in total. The van der Waals surface area contributed by atoms with E-state index in [1.807, 2.05) is 13.0 Å². The fourth-order valence-electron chi connectivity index (χ4n) is 2.80. The first-order chi connectivity index (χ1) is 9.80. The first-order valence-electron chi connectivity index (χ1n) is 7.59.